The Hall–Kier alpha value is -2.35. The average Bonchev–Trinajstić information content (AvgIpc) is 3.08. The van der Waals surface area contributed by atoms with Gasteiger partial charge < -0.3 is 4.98 Å². The van der Waals surface area contributed by atoms with E-state index in [9.17, 15) is 0 Å². The highest BCUT2D eigenvalue weighted by atomic mass is 14.9. The van der Waals surface area contributed by atoms with Gasteiger partial charge in [-0.2, -0.15) is 0 Å². The topological polar surface area (TPSA) is 28.7 Å². The molecule has 1 heterocycles. The molecule has 0 atom stereocenters. The van der Waals surface area contributed by atoms with Crippen LogP contribution in [-0.4, -0.2) is 9.97 Å². The second-order valence-corrected chi connectivity index (χ2v) is 6.42. The van der Waals surface area contributed by atoms with Gasteiger partial charge in [0.15, 0.2) is 0 Å². The maximum atomic E-state index is 4.55. The first kappa shape index (κ1) is 16.5. The molecule has 0 radical (unpaired) electrons. The van der Waals surface area contributed by atoms with E-state index in [0.29, 0.717) is 0 Å². The first-order valence-electron chi connectivity index (χ1n) is 9.02. The van der Waals surface area contributed by atoms with Crippen molar-refractivity contribution in [3.8, 4) is 11.3 Å². The van der Waals surface area contributed by atoms with E-state index in [4.69, 9.17) is 0 Å². The highest BCUT2D eigenvalue weighted by molar-refractivity contribution is 5.59. The number of hydrogen-bond donors (Lipinski definition) is 1. The monoisotopic (exact) mass is 318 g/mol. The molecule has 0 aliphatic carbocycles. The fourth-order valence-electron chi connectivity index (χ4n) is 3.04. The van der Waals surface area contributed by atoms with Gasteiger partial charge in [0.05, 0.1) is 11.9 Å². The number of hydrogen-bond acceptors (Lipinski definition) is 1. The Morgan fingerprint density at radius 2 is 1.71 bits per heavy atom. The van der Waals surface area contributed by atoms with E-state index >= 15 is 0 Å². The normalized spacial score (nSPS) is 10.9. The summed E-state index contributed by atoms with van der Waals surface area (Å²) in [6, 6.07) is 19.3. The van der Waals surface area contributed by atoms with E-state index in [1.165, 1.54) is 48.8 Å². The molecule has 0 amide bonds. The SMILES string of the molecule is CCCCCCc1cccc(-c2cnc(Cc3ccccc3)[nH]2)c1. The Morgan fingerprint density at radius 3 is 2.54 bits per heavy atom. The summed E-state index contributed by atoms with van der Waals surface area (Å²) < 4.78 is 0. The van der Waals surface area contributed by atoms with E-state index in [-0.39, 0.29) is 0 Å². The largest absolute Gasteiger partial charge is 0.342 e. The van der Waals surface area contributed by atoms with Crippen molar-refractivity contribution in [2.24, 2.45) is 0 Å². The predicted molar refractivity (Wildman–Crippen MR) is 101 cm³/mol. The number of rotatable bonds is 8. The molecule has 3 aromatic rings. The van der Waals surface area contributed by atoms with Gasteiger partial charge in [-0.05, 0) is 35.6 Å². The van der Waals surface area contributed by atoms with Gasteiger partial charge in [-0.3, -0.25) is 0 Å². The summed E-state index contributed by atoms with van der Waals surface area (Å²) in [5, 5.41) is 0. The van der Waals surface area contributed by atoms with Crippen LogP contribution < -0.4 is 0 Å². The van der Waals surface area contributed by atoms with Crippen molar-refractivity contribution in [1.29, 1.82) is 0 Å². The number of nitrogens with zero attached hydrogens (tertiary/aromatic N) is 1. The molecule has 0 aliphatic heterocycles. The predicted octanol–water partition coefficient (Wildman–Crippen LogP) is 5.79. The third-order valence-electron chi connectivity index (χ3n) is 4.40. The fraction of sp³-hybridized carbons (Fsp3) is 0.318. The first-order valence-corrected chi connectivity index (χ1v) is 9.02. The van der Waals surface area contributed by atoms with E-state index in [1.54, 1.807) is 0 Å². The molecular weight excluding hydrogens is 292 g/mol. The van der Waals surface area contributed by atoms with Crippen LogP contribution >= 0.6 is 0 Å². The molecule has 0 spiro atoms. The van der Waals surface area contributed by atoms with Gasteiger partial charge in [-0.25, -0.2) is 4.98 Å². The smallest absolute Gasteiger partial charge is 0.110 e. The van der Waals surface area contributed by atoms with Crippen molar-refractivity contribution in [2.75, 3.05) is 0 Å². The fourth-order valence-corrected chi connectivity index (χ4v) is 3.04. The van der Waals surface area contributed by atoms with Crippen LogP contribution in [0.15, 0.2) is 60.8 Å². The number of aromatic amines is 1. The molecule has 0 bridgehead atoms. The molecule has 124 valence electrons. The van der Waals surface area contributed by atoms with Crippen molar-refractivity contribution in [1.82, 2.24) is 9.97 Å². The van der Waals surface area contributed by atoms with Crippen LogP contribution in [0, 0.1) is 0 Å². The van der Waals surface area contributed by atoms with E-state index in [1.807, 2.05) is 12.3 Å². The summed E-state index contributed by atoms with van der Waals surface area (Å²) in [5.74, 6) is 1.02. The van der Waals surface area contributed by atoms with E-state index in [0.717, 1.165) is 17.9 Å². The average molecular weight is 318 g/mol. The van der Waals surface area contributed by atoms with Crippen molar-refractivity contribution in [2.45, 2.75) is 45.4 Å². The summed E-state index contributed by atoms with van der Waals surface area (Å²) in [4.78, 5) is 8.02. The number of aryl methyl sites for hydroxylation is 1. The summed E-state index contributed by atoms with van der Waals surface area (Å²) in [6.45, 7) is 2.26. The lowest BCUT2D eigenvalue weighted by Gasteiger charge is -2.04. The third kappa shape index (κ3) is 4.58. The van der Waals surface area contributed by atoms with Crippen LogP contribution in [0.2, 0.25) is 0 Å². The highest BCUT2D eigenvalue weighted by Crippen LogP contribution is 2.20. The van der Waals surface area contributed by atoms with Crippen molar-refractivity contribution in [3.05, 3.63) is 77.7 Å². The van der Waals surface area contributed by atoms with E-state index < -0.39 is 0 Å². The lowest BCUT2D eigenvalue weighted by molar-refractivity contribution is 0.667. The minimum Gasteiger partial charge on any atom is -0.342 e. The quantitative estimate of drug-likeness (QED) is 0.523. The number of H-pyrrole nitrogens is 1. The Morgan fingerprint density at radius 1 is 0.875 bits per heavy atom. The zero-order valence-corrected chi connectivity index (χ0v) is 14.5. The second-order valence-electron chi connectivity index (χ2n) is 6.42. The maximum absolute atomic E-state index is 4.55. The summed E-state index contributed by atoms with van der Waals surface area (Å²) >= 11 is 0. The molecular formula is C22H26N2. The van der Waals surface area contributed by atoms with Crippen LogP contribution in [0.4, 0.5) is 0 Å². The Balaban J connectivity index is 1.66. The molecule has 2 aromatic carbocycles. The second kappa shape index (κ2) is 8.49. The van der Waals surface area contributed by atoms with Crippen molar-refractivity contribution >= 4 is 0 Å². The number of unbranched alkanes of at least 4 members (excludes halogenated alkanes) is 3. The molecule has 0 saturated carbocycles. The Kier molecular flexibility index (Phi) is 5.84. The molecule has 2 heteroatoms. The first-order chi connectivity index (χ1) is 11.8. The standard InChI is InChI=1S/C22H26N2/c1-2-3-4-6-10-18-13-9-14-20(15-18)21-17-23-22(24-21)16-19-11-7-5-8-12-19/h5,7-9,11-15,17H,2-4,6,10,16H2,1H3,(H,23,24). The van der Waals surface area contributed by atoms with Gasteiger partial charge in [0, 0.05) is 6.42 Å². The van der Waals surface area contributed by atoms with Gasteiger partial charge in [-0.15, -0.1) is 0 Å². The van der Waals surface area contributed by atoms with Gasteiger partial charge in [0.25, 0.3) is 0 Å². The molecule has 0 aliphatic rings. The van der Waals surface area contributed by atoms with Crippen LogP contribution in [0.1, 0.15) is 49.6 Å². The number of imidazole rings is 1. The molecule has 0 fully saturated rings. The lowest BCUT2D eigenvalue weighted by Crippen LogP contribution is -1.90. The maximum Gasteiger partial charge on any atom is 0.110 e. The van der Waals surface area contributed by atoms with E-state index in [2.05, 4.69) is 65.4 Å². The summed E-state index contributed by atoms with van der Waals surface area (Å²) in [6.07, 6.45) is 9.19. The Labute approximate surface area is 145 Å². The summed E-state index contributed by atoms with van der Waals surface area (Å²) in [7, 11) is 0. The number of aromatic nitrogens is 2. The highest BCUT2D eigenvalue weighted by Gasteiger charge is 2.05. The van der Waals surface area contributed by atoms with Crippen molar-refractivity contribution in [3.63, 3.8) is 0 Å². The minimum absolute atomic E-state index is 0.845. The molecule has 0 saturated heterocycles. The molecule has 0 unspecified atom stereocenters. The van der Waals surface area contributed by atoms with Crippen LogP contribution in [0.3, 0.4) is 0 Å². The van der Waals surface area contributed by atoms with Crippen molar-refractivity contribution < 1.29 is 0 Å². The minimum atomic E-state index is 0.845. The van der Waals surface area contributed by atoms with Crippen LogP contribution in [0.25, 0.3) is 11.3 Å². The molecule has 2 nitrogen and oxygen atoms in total. The molecule has 3 rings (SSSR count). The van der Waals surface area contributed by atoms with Gasteiger partial charge in [-0.1, -0.05) is 74.7 Å². The van der Waals surface area contributed by atoms with Gasteiger partial charge >= 0.3 is 0 Å². The summed E-state index contributed by atoms with van der Waals surface area (Å²) in [5.41, 5.74) is 5.04. The van der Waals surface area contributed by atoms with Crippen LogP contribution in [-0.2, 0) is 12.8 Å². The Bertz CT molecular complexity index is 743. The zero-order chi connectivity index (χ0) is 16.6. The van der Waals surface area contributed by atoms with Gasteiger partial charge in [0.2, 0.25) is 0 Å². The number of nitrogens with one attached hydrogen (secondary N) is 1. The number of benzene rings is 2. The zero-order valence-electron chi connectivity index (χ0n) is 14.5. The molecule has 1 N–H and O–H groups in total. The lowest BCUT2D eigenvalue weighted by atomic mass is 10.0. The van der Waals surface area contributed by atoms with Gasteiger partial charge in [0.1, 0.15) is 5.82 Å². The third-order valence-corrected chi connectivity index (χ3v) is 4.40. The molecule has 1 aromatic heterocycles. The molecule has 24 heavy (non-hydrogen) atoms. The van der Waals surface area contributed by atoms with Crippen LogP contribution in [0.5, 0.6) is 0 Å².